The number of fused-ring (bicyclic) bond motifs is 1. The van der Waals surface area contributed by atoms with E-state index >= 15 is 0 Å². The highest BCUT2D eigenvalue weighted by Crippen LogP contribution is 2.36. The third-order valence-electron chi connectivity index (χ3n) is 4.16. The number of nitrogens with one attached hydrogen (secondary N) is 1. The Labute approximate surface area is 151 Å². The van der Waals surface area contributed by atoms with Crippen LogP contribution in [0.3, 0.4) is 0 Å². The maximum Gasteiger partial charge on any atom is 0.161 e. The van der Waals surface area contributed by atoms with E-state index in [0.717, 1.165) is 35.4 Å². The number of halogens is 2. The Hall–Kier alpha value is -1.23. The van der Waals surface area contributed by atoms with Crippen LogP contribution in [-0.4, -0.2) is 20.8 Å². The Morgan fingerprint density at radius 1 is 1.09 bits per heavy atom. The van der Waals surface area contributed by atoms with E-state index < -0.39 is 0 Å². The van der Waals surface area contributed by atoms with Gasteiger partial charge in [0.2, 0.25) is 0 Å². The van der Waals surface area contributed by atoms with Gasteiger partial charge in [-0.15, -0.1) is 12.4 Å². The molecule has 1 atom stereocenters. The maximum absolute atomic E-state index is 5.46. The van der Waals surface area contributed by atoms with Gasteiger partial charge in [-0.25, -0.2) is 0 Å². The van der Waals surface area contributed by atoms with Crippen molar-refractivity contribution in [1.82, 2.24) is 5.32 Å². The lowest BCUT2D eigenvalue weighted by molar-refractivity contribution is 0.352. The average Bonchev–Trinajstić information content (AvgIpc) is 2.56. The summed E-state index contributed by atoms with van der Waals surface area (Å²) in [5.74, 6) is 1.61. The van der Waals surface area contributed by atoms with Crippen LogP contribution in [0.1, 0.15) is 22.7 Å². The zero-order valence-electron chi connectivity index (χ0n) is 13.3. The highest BCUT2D eigenvalue weighted by Gasteiger charge is 2.22. The maximum atomic E-state index is 5.46. The number of ether oxygens (including phenoxy) is 2. The van der Waals surface area contributed by atoms with Crippen molar-refractivity contribution in [3.63, 3.8) is 0 Å². The Bertz CT molecular complexity index is 661. The minimum absolute atomic E-state index is 0. The van der Waals surface area contributed by atoms with E-state index in [1.165, 1.54) is 16.7 Å². The highest BCUT2D eigenvalue weighted by molar-refractivity contribution is 9.10. The standard InChI is InChI=1S/C18H20BrNO2.ClH/c1-21-17-10-13-7-8-20-16(15(13)11-18(17)22-2)9-12-3-5-14(19)6-4-12;/h3-6,10-11,16,20H,7-9H2,1-2H3;1H. The van der Waals surface area contributed by atoms with Gasteiger partial charge < -0.3 is 14.8 Å². The fourth-order valence-corrected chi connectivity index (χ4v) is 3.27. The summed E-state index contributed by atoms with van der Waals surface area (Å²) < 4.78 is 12.0. The van der Waals surface area contributed by atoms with E-state index in [9.17, 15) is 0 Å². The van der Waals surface area contributed by atoms with Crippen LogP contribution < -0.4 is 14.8 Å². The first-order valence-corrected chi connectivity index (χ1v) is 8.23. The second-order valence-electron chi connectivity index (χ2n) is 5.49. The van der Waals surface area contributed by atoms with Gasteiger partial charge in [0.1, 0.15) is 0 Å². The first-order valence-electron chi connectivity index (χ1n) is 7.44. The summed E-state index contributed by atoms with van der Waals surface area (Å²) in [5.41, 5.74) is 3.98. The molecule has 1 aliphatic heterocycles. The molecule has 0 spiro atoms. The summed E-state index contributed by atoms with van der Waals surface area (Å²) in [6.07, 6.45) is 1.99. The number of methoxy groups -OCH3 is 2. The molecule has 0 saturated heterocycles. The summed E-state index contributed by atoms with van der Waals surface area (Å²) in [4.78, 5) is 0. The van der Waals surface area contributed by atoms with Crippen LogP contribution >= 0.6 is 28.3 Å². The van der Waals surface area contributed by atoms with Gasteiger partial charge in [-0.05, 0) is 60.3 Å². The smallest absolute Gasteiger partial charge is 0.161 e. The van der Waals surface area contributed by atoms with Crippen LogP contribution in [0, 0.1) is 0 Å². The second kappa shape index (κ2) is 8.04. The fraction of sp³-hybridized carbons (Fsp3) is 0.333. The summed E-state index contributed by atoms with van der Waals surface area (Å²) in [5, 5.41) is 3.62. The number of hydrogen-bond acceptors (Lipinski definition) is 3. The average molecular weight is 399 g/mol. The van der Waals surface area contributed by atoms with Crippen molar-refractivity contribution in [2.45, 2.75) is 18.9 Å². The highest BCUT2D eigenvalue weighted by atomic mass is 79.9. The lowest BCUT2D eigenvalue weighted by Crippen LogP contribution is -2.31. The third-order valence-corrected chi connectivity index (χ3v) is 4.69. The topological polar surface area (TPSA) is 30.5 Å². The summed E-state index contributed by atoms with van der Waals surface area (Å²) in [6, 6.07) is 13.1. The molecule has 3 nitrogen and oxygen atoms in total. The van der Waals surface area contributed by atoms with Gasteiger partial charge in [0, 0.05) is 10.5 Å². The molecule has 0 saturated carbocycles. The van der Waals surface area contributed by atoms with Gasteiger partial charge in [0.25, 0.3) is 0 Å². The molecule has 5 heteroatoms. The van der Waals surface area contributed by atoms with Crippen LogP contribution in [0.4, 0.5) is 0 Å². The molecular weight excluding hydrogens is 378 g/mol. The van der Waals surface area contributed by atoms with Gasteiger partial charge >= 0.3 is 0 Å². The van der Waals surface area contributed by atoms with E-state index in [1.807, 2.05) is 0 Å². The van der Waals surface area contributed by atoms with E-state index in [1.54, 1.807) is 14.2 Å². The van der Waals surface area contributed by atoms with Gasteiger partial charge in [0.05, 0.1) is 14.2 Å². The SMILES string of the molecule is COc1cc2c(cc1OC)C(Cc1ccc(Br)cc1)NCC2.Cl. The first kappa shape index (κ1) is 18.1. The minimum Gasteiger partial charge on any atom is -0.493 e. The van der Waals surface area contributed by atoms with Crippen molar-refractivity contribution >= 4 is 28.3 Å². The molecule has 0 aliphatic carbocycles. The van der Waals surface area contributed by atoms with Crippen molar-refractivity contribution < 1.29 is 9.47 Å². The molecule has 1 aliphatic rings. The first-order chi connectivity index (χ1) is 10.7. The van der Waals surface area contributed by atoms with Gasteiger partial charge in [0.15, 0.2) is 11.5 Å². The molecule has 1 heterocycles. The molecule has 0 fully saturated rings. The number of benzene rings is 2. The molecule has 0 radical (unpaired) electrons. The monoisotopic (exact) mass is 397 g/mol. The third kappa shape index (κ3) is 4.00. The molecule has 3 rings (SSSR count). The van der Waals surface area contributed by atoms with E-state index in [4.69, 9.17) is 9.47 Å². The van der Waals surface area contributed by atoms with Crippen LogP contribution in [0.5, 0.6) is 11.5 Å². The predicted octanol–water partition coefficient (Wildman–Crippen LogP) is 4.32. The van der Waals surface area contributed by atoms with Crippen molar-refractivity contribution in [2.24, 2.45) is 0 Å². The molecule has 0 bridgehead atoms. The Kier molecular flexibility index (Phi) is 6.33. The molecule has 0 amide bonds. The van der Waals surface area contributed by atoms with Crippen molar-refractivity contribution in [3.8, 4) is 11.5 Å². The Balaban J connectivity index is 0.00000192. The molecule has 2 aromatic carbocycles. The van der Waals surface area contributed by atoms with Crippen LogP contribution in [0.15, 0.2) is 40.9 Å². The zero-order chi connectivity index (χ0) is 15.5. The molecule has 1 unspecified atom stereocenters. The fourth-order valence-electron chi connectivity index (χ4n) is 3.01. The van der Waals surface area contributed by atoms with Gasteiger partial charge in [-0.3, -0.25) is 0 Å². The van der Waals surface area contributed by atoms with E-state index in [0.29, 0.717) is 6.04 Å². The molecular formula is C18H21BrClNO2. The summed E-state index contributed by atoms with van der Waals surface area (Å²) >= 11 is 3.49. The van der Waals surface area contributed by atoms with Crippen LogP contribution in [0.2, 0.25) is 0 Å². The van der Waals surface area contributed by atoms with Crippen LogP contribution in [0.25, 0.3) is 0 Å². The largest absolute Gasteiger partial charge is 0.493 e. The molecule has 23 heavy (non-hydrogen) atoms. The zero-order valence-corrected chi connectivity index (χ0v) is 15.7. The second-order valence-corrected chi connectivity index (χ2v) is 6.41. The lowest BCUT2D eigenvalue weighted by atomic mass is 9.90. The Morgan fingerprint density at radius 3 is 2.39 bits per heavy atom. The number of rotatable bonds is 4. The van der Waals surface area contributed by atoms with Crippen molar-refractivity contribution in [1.29, 1.82) is 0 Å². The van der Waals surface area contributed by atoms with E-state index in [-0.39, 0.29) is 12.4 Å². The molecule has 124 valence electrons. The normalized spacial score (nSPS) is 16.2. The lowest BCUT2D eigenvalue weighted by Gasteiger charge is -2.28. The van der Waals surface area contributed by atoms with Gasteiger partial charge in [-0.2, -0.15) is 0 Å². The molecule has 2 aromatic rings. The summed E-state index contributed by atoms with van der Waals surface area (Å²) in [6.45, 7) is 0.990. The number of hydrogen-bond donors (Lipinski definition) is 1. The predicted molar refractivity (Wildman–Crippen MR) is 99.1 cm³/mol. The van der Waals surface area contributed by atoms with Crippen molar-refractivity contribution in [2.75, 3.05) is 20.8 Å². The van der Waals surface area contributed by atoms with E-state index in [2.05, 4.69) is 57.6 Å². The van der Waals surface area contributed by atoms with Crippen molar-refractivity contribution in [3.05, 3.63) is 57.6 Å². The minimum atomic E-state index is 0. The Morgan fingerprint density at radius 2 is 1.74 bits per heavy atom. The van der Waals surface area contributed by atoms with Gasteiger partial charge in [-0.1, -0.05) is 28.1 Å². The van der Waals surface area contributed by atoms with Crippen LogP contribution in [-0.2, 0) is 12.8 Å². The molecule has 1 N–H and O–H groups in total. The molecule has 0 aromatic heterocycles. The quantitative estimate of drug-likeness (QED) is 0.832. The summed E-state index contributed by atoms with van der Waals surface area (Å²) in [7, 11) is 3.37.